The van der Waals surface area contributed by atoms with Crippen molar-refractivity contribution < 1.29 is 0 Å². The average molecular weight is 185 g/mol. The molecule has 3 nitrogen and oxygen atoms in total. The summed E-state index contributed by atoms with van der Waals surface area (Å²) in [6, 6.07) is 4.11. The summed E-state index contributed by atoms with van der Waals surface area (Å²) in [4.78, 5) is 2.01. The number of hydrogen-bond acceptors (Lipinski definition) is 3. The molecule has 0 spiro atoms. The number of rotatable bonds is 1. The lowest BCUT2D eigenvalue weighted by molar-refractivity contribution is 0.414. The molecule has 0 aromatic rings. The predicted molar refractivity (Wildman–Crippen MR) is 53.5 cm³/mol. The molecule has 0 amide bonds. The van der Waals surface area contributed by atoms with Crippen molar-refractivity contribution in [2.45, 2.75) is 19.9 Å². The van der Waals surface area contributed by atoms with Crippen LogP contribution in [0.15, 0.2) is 35.7 Å². The van der Waals surface area contributed by atoms with Crippen LogP contribution in [0.2, 0.25) is 0 Å². The Bertz CT molecular complexity index is 354. The first-order valence-corrected chi connectivity index (χ1v) is 4.37. The number of nitriles is 2. The van der Waals surface area contributed by atoms with Gasteiger partial charge < -0.3 is 4.90 Å². The first-order valence-electron chi connectivity index (χ1n) is 4.37. The molecule has 0 aromatic carbocycles. The Balaban J connectivity index is 2.92. The van der Waals surface area contributed by atoms with E-state index >= 15 is 0 Å². The van der Waals surface area contributed by atoms with Gasteiger partial charge in [0, 0.05) is 24.0 Å². The number of nitrogens with zero attached hydrogens (tertiary/aromatic N) is 3. The van der Waals surface area contributed by atoms with Crippen molar-refractivity contribution in [1.82, 2.24) is 4.90 Å². The van der Waals surface area contributed by atoms with Crippen molar-refractivity contribution in [3.8, 4) is 12.1 Å². The van der Waals surface area contributed by atoms with E-state index in [2.05, 4.69) is 13.8 Å². The molecule has 1 aliphatic rings. The van der Waals surface area contributed by atoms with Crippen molar-refractivity contribution in [2.24, 2.45) is 0 Å². The van der Waals surface area contributed by atoms with Gasteiger partial charge in [-0.05, 0) is 26.0 Å². The van der Waals surface area contributed by atoms with E-state index in [1.807, 2.05) is 29.4 Å². The maximum Gasteiger partial charge on any atom is 0.136 e. The molecule has 0 saturated heterocycles. The molecule has 1 aliphatic heterocycles. The van der Waals surface area contributed by atoms with Gasteiger partial charge in [-0.3, -0.25) is 0 Å². The second-order valence-corrected chi connectivity index (χ2v) is 3.23. The molecule has 0 atom stereocenters. The van der Waals surface area contributed by atoms with Gasteiger partial charge in [-0.2, -0.15) is 10.5 Å². The summed E-state index contributed by atoms with van der Waals surface area (Å²) in [5.74, 6) is 0. The van der Waals surface area contributed by atoms with Crippen LogP contribution in [0.1, 0.15) is 13.8 Å². The zero-order chi connectivity index (χ0) is 10.6. The van der Waals surface area contributed by atoms with Crippen molar-refractivity contribution in [3.05, 3.63) is 35.7 Å². The quantitative estimate of drug-likeness (QED) is 0.588. The highest BCUT2D eigenvalue weighted by Crippen LogP contribution is 2.14. The van der Waals surface area contributed by atoms with Crippen LogP contribution in [0.4, 0.5) is 0 Å². The number of allylic oxidation sites excluding steroid dienone is 4. The highest BCUT2D eigenvalue weighted by Gasteiger charge is 2.07. The summed E-state index contributed by atoms with van der Waals surface area (Å²) in [6.07, 6.45) is 7.30. The van der Waals surface area contributed by atoms with E-state index in [0.29, 0.717) is 11.6 Å². The third-order valence-corrected chi connectivity index (χ3v) is 1.96. The van der Waals surface area contributed by atoms with Crippen molar-refractivity contribution in [3.63, 3.8) is 0 Å². The lowest BCUT2D eigenvalue weighted by atomic mass is 10.1. The fourth-order valence-corrected chi connectivity index (χ4v) is 1.10. The van der Waals surface area contributed by atoms with Crippen LogP contribution in [-0.2, 0) is 0 Å². The largest absolute Gasteiger partial charge is 0.352 e. The first-order chi connectivity index (χ1) is 6.69. The Morgan fingerprint density at radius 3 is 2.07 bits per heavy atom. The number of hydrogen-bond donors (Lipinski definition) is 0. The molecule has 0 fully saturated rings. The van der Waals surface area contributed by atoms with Crippen LogP contribution in [0.25, 0.3) is 0 Å². The summed E-state index contributed by atoms with van der Waals surface area (Å²) in [6.45, 7) is 4.14. The van der Waals surface area contributed by atoms with Gasteiger partial charge in [0.1, 0.15) is 17.7 Å². The average Bonchev–Trinajstić information content (AvgIpc) is 2.20. The van der Waals surface area contributed by atoms with Gasteiger partial charge in [-0.25, -0.2) is 0 Å². The fraction of sp³-hybridized carbons (Fsp3) is 0.273. The molecule has 0 saturated carbocycles. The monoisotopic (exact) mass is 185 g/mol. The zero-order valence-corrected chi connectivity index (χ0v) is 8.23. The third-order valence-electron chi connectivity index (χ3n) is 1.96. The Kier molecular flexibility index (Phi) is 3.09. The molecule has 0 aromatic heterocycles. The van der Waals surface area contributed by atoms with Gasteiger partial charge in [0.2, 0.25) is 0 Å². The van der Waals surface area contributed by atoms with E-state index in [1.54, 1.807) is 12.2 Å². The summed E-state index contributed by atoms with van der Waals surface area (Å²) >= 11 is 0. The van der Waals surface area contributed by atoms with Crippen LogP contribution < -0.4 is 0 Å². The summed E-state index contributed by atoms with van der Waals surface area (Å²) in [5, 5.41) is 17.3. The van der Waals surface area contributed by atoms with Gasteiger partial charge in [-0.15, -0.1) is 0 Å². The maximum absolute atomic E-state index is 8.64. The fourth-order valence-electron chi connectivity index (χ4n) is 1.10. The lowest BCUT2D eigenvalue weighted by Crippen LogP contribution is -2.20. The molecule has 70 valence electrons. The van der Waals surface area contributed by atoms with E-state index in [0.717, 1.165) is 0 Å². The smallest absolute Gasteiger partial charge is 0.136 e. The normalized spacial score (nSPS) is 14.1. The topological polar surface area (TPSA) is 50.8 Å². The van der Waals surface area contributed by atoms with Gasteiger partial charge in [0.25, 0.3) is 0 Å². The molecule has 0 bridgehead atoms. The van der Waals surface area contributed by atoms with E-state index in [9.17, 15) is 0 Å². The molecule has 1 heterocycles. The van der Waals surface area contributed by atoms with E-state index in [1.165, 1.54) is 0 Å². The van der Waals surface area contributed by atoms with Crippen molar-refractivity contribution in [1.29, 1.82) is 10.5 Å². The van der Waals surface area contributed by atoms with E-state index in [4.69, 9.17) is 10.5 Å². The highest BCUT2D eigenvalue weighted by molar-refractivity contribution is 5.50. The minimum absolute atomic E-state index is 0.154. The SMILES string of the molecule is CC(C)N1C=CC(=C(C#N)C#N)C=C1. The van der Waals surface area contributed by atoms with Gasteiger partial charge in [-0.1, -0.05) is 0 Å². The first kappa shape index (κ1) is 10.1. The molecule has 3 heteroatoms. The molecule has 14 heavy (non-hydrogen) atoms. The van der Waals surface area contributed by atoms with E-state index in [-0.39, 0.29) is 5.57 Å². The van der Waals surface area contributed by atoms with Crippen molar-refractivity contribution >= 4 is 0 Å². The summed E-state index contributed by atoms with van der Waals surface area (Å²) in [7, 11) is 0. The molecule has 1 rings (SSSR count). The van der Waals surface area contributed by atoms with E-state index < -0.39 is 0 Å². The van der Waals surface area contributed by atoms with Crippen LogP contribution in [0, 0.1) is 22.7 Å². The Hall–Kier alpha value is -2.00. The predicted octanol–water partition coefficient (Wildman–Crippen LogP) is 2.08. The van der Waals surface area contributed by atoms with Crippen molar-refractivity contribution in [2.75, 3.05) is 0 Å². The van der Waals surface area contributed by atoms with Crippen LogP contribution in [0.3, 0.4) is 0 Å². The third kappa shape index (κ3) is 2.02. The second kappa shape index (κ2) is 4.30. The van der Waals surface area contributed by atoms with Crippen LogP contribution in [-0.4, -0.2) is 10.9 Å². The molecular formula is C11H11N3. The minimum Gasteiger partial charge on any atom is -0.352 e. The summed E-state index contributed by atoms with van der Waals surface area (Å²) in [5.41, 5.74) is 0.827. The second-order valence-electron chi connectivity index (χ2n) is 3.23. The Labute approximate surface area is 83.9 Å². The lowest BCUT2D eigenvalue weighted by Gasteiger charge is -2.22. The van der Waals surface area contributed by atoms with Crippen LogP contribution in [0.5, 0.6) is 0 Å². The van der Waals surface area contributed by atoms with Crippen LogP contribution >= 0.6 is 0 Å². The molecule has 0 radical (unpaired) electrons. The van der Waals surface area contributed by atoms with Gasteiger partial charge in [0.05, 0.1) is 0 Å². The minimum atomic E-state index is 0.154. The summed E-state index contributed by atoms with van der Waals surface area (Å²) < 4.78 is 0. The molecular weight excluding hydrogens is 174 g/mol. The molecule has 0 N–H and O–H groups in total. The molecule has 0 aliphatic carbocycles. The van der Waals surface area contributed by atoms with Gasteiger partial charge in [0.15, 0.2) is 0 Å². The highest BCUT2D eigenvalue weighted by atomic mass is 15.1. The maximum atomic E-state index is 8.64. The van der Waals surface area contributed by atoms with Gasteiger partial charge >= 0.3 is 0 Å². The molecule has 0 unspecified atom stereocenters. The standard InChI is InChI=1S/C11H11N3/c1-9(2)14-5-3-10(4-6-14)11(7-12)8-13/h3-6,9H,1-2H3. The zero-order valence-electron chi connectivity index (χ0n) is 8.23. The Morgan fingerprint density at radius 1 is 1.21 bits per heavy atom. The Morgan fingerprint density at radius 2 is 1.71 bits per heavy atom.